The molecular formula is C33H42N6O3. The van der Waals surface area contributed by atoms with Crippen molar-refractivity contribution in [3.05, 3.63) is 76.9 Å². The molecule has 0 heterocycles. The standard InChI is InChI=1S/C33H42N6O3/c1-20-17-21(2)29(22(3)18-20)38-33(41)36-28-19-25(23-11-14-26(42-5)15-12-23)13-16-27(28)32(40)37-30(31(34)39-35-4)24-9-7-6-8-10-24/h11-19,24,30,35H,6-10H2,1-5H3,(H2,34,39)(H,37,40)(H2,36,38,41)/t30-/m0/s1. The van der Waals surface area contributed by atoms with E-state index >= 15 is 0 Å². The predicted octanol–water partition coefficient (Wildman–Crippen LogP) is 6.10. The van der Waals surface area contributed by atoms with Gasteiger partial charge in [-0.3, -0.25) is 4.79 Å². The molecule has 0 radical (unpaired) electrons. The van der Waals surface area contributed by atoms with E-state index in [0.29, 0.717) is 17.1 Å². The fraction of sp³-hybridized carbons (Fsp3) is 0.364. The molecule has 42 heavy (non-hydrogen) atoms. The fourth-order valence-electron chi connectivity index (χ4n) is 5.77. The Kier molecular flexibility index (Phi) is 10.1. The summed E-state index contributed by atoms with van der Waals surface area (Å²) in [6.45, 7) is 5.94. The first-order valence-electron chi connectivity index (χ1n) is 14.4. The van der Waals surface area contributed by atoms with Gasteiger partial charge in [0.25, 0.3) is 5.91 Å². The quantitative estimate of drug-likeness (QED) is 0.121. The van der Waals surface area contributed by atoms with E-state index in [1.165, 1.54) is 6.42 Å². The maximum absolute atomic E-state index is 13.8. The molecule has 3 amide bonds. The third-order valence-corrected chi connectivity index (χ3v) is 7.82. The lowest BCUT2D eigenvalue weighted by Gasteiger charge is -2.30. The molecule has 222 valence electrons. The van der Waals surface area contributed by atoms with E-state index in [1.807, 2.05) is 69.3 Å². The highest BCUT2D eigenvalue weighted by molar-refractivity contribution is 6.08. The van der Waals surface area contributed by atoms with Crippen LogP contribution in [0, 0.1) is 26.7 Å². The molecule has 1 atom stereocenters. The Bertz CT molecular complexity index is 1420. The summed E-state index contributed by atoms with van der Waals surface area (Å²) >= 11 is 0. The first-order valence-corrected chi connectivity index (χ1v) is 14.4. The summed E-state index contributed by atoms with van der Waals surface area (Å²) in [6.07, 6.45) is 5.28. The van der Waals surface area contributed by atoms with E-state index in [4.69, 9.17) is 10.5 Å². The van der Waals surface area contributed by atoms with Crippen molar-refractivity contribution in [2.75, 3.05) is 24.8 Å². The third kappa shape index (κ3) is 7.40. The second-order valence-electron chi connectivity index (χ2n) is 11.0. The Morgan fingerprint density at radius 1 is 0.905 bits per heavy atom. The van der Waals surface area contributed by atoms with E-state index in [0.717, 1.165) is 64.9 Å². The summed E-state index contributed by atoms with van der Waals surface area (Å²) in [5.74, 6) is 0.931. The highest BCUT2D eigenvalue weighted by Gasteiger charge is 2.29. The lowest BCUT2D eigenvalue weighted by molar-refractivity contribution is 0.0932. The molecule has 3 aromatic carbocycles. The number of rotatable bonds is 9. The van der Waals surface area contributed by atoms with Gasteiger partial charge >= 0.3 is 6.03 Å². The number of nitrogens with one attached hydrogen (secondary N) is 4. The van der Waals surface area contributed by atoms with Crippen molar-refractivity contribution in [1.82, 2.24) is 10.7 Å². The molecule has 1 aliphatic carbocycles. The second-order valence-corrected chi connectivity index (χ2v) is 11.0. The van der Waals surface area contributed by atoms with Crippen LogP contribution in [0.15, 0.2) is 59.7 Å². The number of aryl methyl sites for hydroxylation is 3. The van der Waals surface area contributed by atoms with E-state index in [-0.39, 0.29) is 11.8 Å². The van der Waals surface area contributed by atoms with Crippen LogP contribution in [0.4, 0.5) is 16.2 Å². The fourth-order valence-corrected chi connectivity index (χ4v) is 5.77. The van der Waals surface area contributed by atoms with Gasteiger partial charge in [-0.25, -0.2) is 4.79 Å². The van der Waals surface area contributed by atoms with Crippen molar-refractivity contribution in [3.63, 3.8) is 0 Å². The number of anilines is 2. The number of nitrogens with zero attached hydrogens (tertiary/aromatic N) is 1. The van der Waals surface area contributed by atoms with Crippen molar-refractivity contribution in [2.45, 2.75) is 58.9 Å². The Morgan fingerprint density at radius 3 is 2.17 bits per heavy atom. The van der Waals surface area contributed by atoms with Gasteiger partial charge in [-0.1, -0.05) is 55.2 Å². The number of hydrazone groups is 1. The van der Waals surface area contributed by atoms with Crippen LogP contribution in [0.3, 0.4) is 0 Å². The average molecular weight is 571 g/mol. The normalized spacial score (nSPS) is 14.5. The molecule has 0 aliphatic heterocycles. The number of amidine groups is 1. The van der Waals surface area contributed by atoms with Gasteiger partial charge in [-0.05, 0) is 86.1 Å². The molecule has 6 N–H and O–H groups in total. The molecule has 0 spiro atoms. The minimum Gasteiger partial charge on any atom is -0.497 e. The van der Waals surface area contributed by atoms with Gasteiger partial charge in [0.15, 0.2) is 0 Å². The lowest BCUT2D eigenvalue weighted by atomic mass is 9.83. The minimum absolute atomic E-state index is 0.186. The van der Waals surface area contributed by atoms with Crippen molar-refractivity contribution in [2.24, 2.45) is 16.8 Å². The monoisotopic (exact) mass is 570 g/mol. The van der Waals surface area contributed by atoms with Crippen LogP contribution in [-0.4, -0.2) is 38.0 Å². The van der Waals surface area contributed by atoms with Crippen LogP contribution >= 0.6 is 0 Å². The number of amides is 3. The van der Waals surface area contributed by atoms with Crippen molar-refractivity contribution >= 4 is 29.1 Å². The van der Waals surface area contributed by atoms with Crippen LogP contribution in [0.2, 0.25) is 0 Å². The Balaban J connectivity index is 1.67. The summed E-state index contributed by atoms with van der Waals surface area (Å²) in [7, 11) is 3.30. The van der Waals surface area contributed by atoms with Crippen LogP contribution in [0.25, 0.3) is 11.1 Å². The number of hydrogen-bond acceptors (Lipinski definition) is 5. The zero-order chi connectivity index (χ0) is 30.2. The van der Waals surface area contributed by atoms with Gasteiger partial charge in [0.05, 0.1) is 24.4 Å². The van der Waals surface area contributed by atoms with Gasteiger partial charge in [0.1, 0.15) is 11.6 Å². The topological polar surface area (TPSA) is 130 Å². The number of nitrogens with two attached hydrogens (primary N) is 1. The molecule has 1 fully saturated rings. The largest absolute Gasteiger partial charge is 0.497 e. The zero-order valence-electron chi connectivity index (χ0n) is 25.1. The number of benzene rings is 3. The smallest absolute Gasteiger partial charge is 0.323 e. The molecule has 1 aliphatic rings. The molecule has 1 saturated carbocycles. The zero-order valence-corrected chi connectivity index (χ0v) is 25.1. The summed E-state index contributed by atoms with van der Waals surface area (Å²) in [6, 6.07) is 16.2. The highest BCUT2D eigenvalue weighted by Crippen LogP contribution is 2.30. The van der Waals surface area contributed by atoms with Gasteiger partial charge < -0.3 is 31.8 Å². The summed E-state index contributed by atoms with van der Waals surface area (Å²) in [5, 5.41) is 13.2. The first-order chi connectivity index (χ1) is 20.2. The number of methoxy groups -OCH3 is 1. The highest BCUT2D eigenvalue weighted by atomic mass is 16.5. The molecule has 0 unspecified atom stereocenters. The molecule has 0 aromatic heterocycles. The Morgan fingerprint density at radius 2 is 1.55 bits per heavy atom. The predicted molar refractivity (Wildman–Crippen MR) is 170 cm³/mol. The SMILES string of the molecule is CN/N=C(\N)[C@@H](NC(=O)c1ccc(-c2ccc(OC)cc2)cc1NC(=O)Nc1c(C)cc(C)cc1C)C1CCCCC1. The molecule has 0 saturated heterocycles. The number of carbonyl (C=O) groups excluding carboxylic acids is 2. The number of carbonyl (C=O) groups is 2. The van der Waals surface area contributed by atoms with E-state index < -0.39 is 12.1 Å². The summed E-state index contributed by atoms with van der Waals surface area (Å²) in [5.41, 5.74) is 15.3. The van der Waals surface area contributed by atoms with E-state index in [1.54, 1.807) is 20.2 Å². The molecule has 9 heteroatoms. The summed E-state index contributed by atoms with van der Waals surface area (Å²) < 4.78 is 5.30. The minimum atomic E-state index is -0.439. The van der Waals surface area contributed by atoms with Gasteiger partial charge in [0, 0.05) is 12.7 Å². The lowest BCUT2D eigenvalue weighted by Crippen LogP contribution is -2.50. The van der Waals surface area contributed by atoms with Crippen molar-refractivity contribution in [1.29, 1.82) is 0 Å². The van der Waals surface area contributed by atoms with Crippen LogP contribution in [0.5, 0.6) is 5.75 Å². The van der Waals surface area contributed by atoms with Crippen LogP contribution < -0.4 is 31.8 Å². The van der Waals surface area contributed by atoms with E-state index in [2.05, 4.69) is 26.5 Å². The molecule has 4 rings (SSSR count). The summed E-state index contributed by atoms with van der Waals surface area (Å²) in [4.78, 5) is 27.1. The number of ether oxygens (including phenoxy) is 1. The van der Waals surface area contributed by atoms with Crippen LogP contribution in [0.1, 0.15) is 59.2 Å². The van der Waals surface area contributed by atoms with E-state index in [9.17, 15) is 9.59 Å². The molecular weight excluding hydrogens is 528 g/mol. The number of hydrogen-bond donors (Lipinski definition) is 5. The van der Waals surface area contributed by atoms with Gasteiger partial charge in [-0.2, -0.15) is 5.10 Å². The Labute approximate surface area is 248 Å². The van der Waals surface area contributed by atoms with Crippen molar-refractivity contribution in [3.8, 4) is 16.9 Å². The Hall–Kier alpha value is -4.53. The first kappa shape index (κ1) is 30.4. The maximum atomic E-state index is 13.8. The molecule has 9 nitrogen and oxygen atoms in total. The second kappa shape index (κ2) is 13.9. The average Bonchev–Trinajstić information content (AvgIpc) is 2.98. The van der Waals surface area contributed by atoms with Crippen molar-refractivity contribution < 1.29 is 14.3 Å². The van der Waals surface area contributed by atoms with Gasteiger partial charge in [0.2, 0.25) is 0 Å². The maximum Gasteiger partial charge on any atom is 0.323 e. The number of urea groups is 1. The van der Waals surface area contributed by atoms with Gasteiger partial charge in [-0.15, -0.1) is 0 Å². The molecule has 0 bridgehead atoms. The third-order valence-electron chi connectivity index (χ3n) is 7.82. The molecule has 3 aromatic rings. The van der Waals surface area contributed by atoms with Crippen LogP contribution in [-0.2, 0) is 0 Å².